The number of hydrogen-bond donors (Lipinski definition) is 0. The number of carbonyl (C=O) groups excluding carboxylic acids is 2. The van der Waals surface area contributed by atoms with Crippen LogP contribution in [0.4, 0.5) is 5.69 Å². The summed E-state index contributed by atoms with van der Waals surface area (Å²) in [4.78, 5) is 50.7. The van der Waals surface area contributed by atoms with E-state index in [-0.39, 0.29) is 22.9 Å². The Morgan fingerprint density at radius 2 is 1.75 bits per heavy atom. The lowest BCUT2D eigenvalue weighted by Crippen LogP contribution is -2.31. The third-order valence-electron chi connectivity index (χ3n) is 4.30. The molecule has 8 nitrogen and oxygen atoms in total. The highest BCUT2D eigenvalue weighted by molar-refractivity contribution is 5.97. The fourth-order valence-electron chi connectivity index (χ4n) is 2.81. The SMILES string of the molecule is COC(=O)c1ccc2c(=O)oc(=O)n(C(=O)Cc3ccc(N(C)C)cc3)c2c1. The van der Waals surface area contributed by atoms with Gasteiger partial charge in [-0.05, 0) is 35.9 Å². The first-order valence-electron chi connectivity index (χ1n) is 8.39. The average molecular weight is 382 g/mol. The van der Waals surface area contributed by atoms with Crippen molar-refractivity contribution < 1.29 is 18.7 Å². The van der Waals surface area contributed by atoms with Crippen LogP contribution in [-0.4, -0.2) is 37.6 Å². The Balaban J connectivity index is 2.07. The molecule has 1 heterocycles. The fraction of sp³-hybridized carbons (Fsp3) is 0.200. The van der Waals surface area contributed by atoms with E-state index in [0.29, 0.717) is 5.56 Å². The molecule has 3 rings (SSSR count). The third-order valence-corrected chi connectivity index (χ3v) is 4.30. The number of hydrogen-bond acceptors (Lipinski definition) is 7. The van der Waals surface area contributed by atoms with Gasteiger partial charge in [-0.25, -0.2) is 19.0 Å². The molecule has 0 radical (unpaired) electrons. The number of anilines is 1. The monoisotopic (exact) mass is 382 g/mol. The van der Waals surface area contributed by atoms with Crippen LogP contribution in [0.2, 0.25) is 0 Å². The molecule has 0 N–H and O–H groups in total. The minimum absolute atomic E-state index is 0.000869. The van der Waals surface area contributed by atoms with Gasteiger partial charge in [0.05, 0.1) is 30.0 Å². The molecular formula is C20H18N2O6. The van der Waals surface area contributed by atoms with Gasteiger partial charge in [-0.3, -0.25) is 4.79 Å². The van der Waals surface area contributed by atoms with Gasteiger partial charge in [0.1, 0.15) is 0 Å². The van der Waals surface area contributed by atoms with E-state index in [1.807, 2.05) is 31.1 Å². The maximum Gasteiger partial charge on any atom is 0.429 e. The second kappa shape index (κ2) is 7.51. The number of methoxy groups -OCH3 is 1. The van der Waals surface area contributed by atoms with Crippen LogP contribution in [0.3, 0.4) is 0 Å². The third kappa shape index (κ3) is 3.57. The molecule has 0 aliphatic carbocycles. The minimum Gasteiger partial charge on any atom is -0.465 e. The Labute approximate surface area is 159 Å². The molecule has 0 amide bonds. The zero-order chi connectivity index (χ0) is 20.4. The molecule has 3 aromatic rings. The highest BCUT2D eigenvalue weighted by Gasteiger charge is 2.18. The Hall–Kier alpha value is -3.68. The predicted octanol–water partition coefficient (Wildman–Crippen LogP) is 1.69. The van der Waals surface area contributed by atoms with Crippen molar-refractivity contribution in [1.82, 2.24) is 4.57 Å². The normalized spacial score (nSPS) is 10.7. The number of nitrogens with zero attached hydrogens (tertiary/aromatic N) is 2. The highest BCUT2D eigenvalue weighted by atomic mass is 16.5. The lowest BCUT2D eigenvalue weighted by molar-refractivity contribution is 0.0600. The predicted molar refractivity (Wildman–Crippen MR) is 103 cm³/mol. The molecular weight excluding hydrogens is 364 g/mol. The Morgan fingerprint density at radius 3 is 2.36 bits per heavy atom. The number of esters is 1. The summed E-state index contributed by atoms with van der Waals surface area (Å²) in [7, 11) is 5.01. The Bertz CT molecular complexity index is 1170. The van der Waals surface area contributed by atoms with Crippen LogP contribution in [-0.2, 0) is 11.2 Å². The molecule has 0 unspecified atom stereocenters. The lowest BCUT2D eigenvalue weighted by atomic mass is 10.1. The largest absolute Gasteiger partial charge is 0.465 e. The average Bonchev–Trinajstić information content (AvgIpc) is 2.67. The van der Waals surface area contributed by atoms with Crippen LogP contribution in [0.25, 0.3) is 10.9 Å². The fourth-order valence-corrected chi connectivity index (χ4v) is 2.81. The Kier molecular flexibility index (Phi) is 5.12. The van der Waals surface area contributed by atoms with Crippen molar-refractivity contribution in [2.75, 3.05) is 26.1 Å². The molecule has 0 saturated heterocycles. The van der Waals surface area contributed by atoms with E-state index in [1.165, 1.54) is 25.3 Å². The molecule has 0 fully saturated rings. The first kappa shape index (κ1) is 19.1. The van der Waals surface area contributed by atoms with Crippen LogP contribution in [0.5, 0.6) is 0 Å². The number of aromatic nitrogens is 1. The van der Waals surface area contributed by atoms with Gasteiger partial charge in [-0.2, -0.15) is 0 Å². The van der Waals surface area contributed by atoms with Crippen molar-refractivity contribution in [2.24, 2.45) is 0 Å². The maximum atomic E-state index is 12.8. The van der Waals surface area contributed by atoms with Crippen LogP contribution in [0.1, 0.15) is 20.7 Å². The van der Waals surface area contributed by atoms with E-state index in [0.717, 1.165) is 10.3 Å². The maximum absolute atomic E-state index is 12.8. The van der Waals surface area contributed by atoms with E-state index in [1.54, 1.807) is 12.1 Å². The zero-order valence-corrected chi connectivity index (χ0v) is 15.6. The molecule has 0 aliphatic rings. The minimum atomic E-state index is -1.10. The molecule has 0 aliphatic heterocycles. The topological polar surface area (TPSA) is 98.8 Å². The van der Waals surface area contributed by atoms with Crippen molar-refractivity contribution >= 4 is 28.5 Å². The summed E-state index contributed by atoms with van der Waals surface area (Å²) in [6, 6.07) is 11.2. The molecule has 0 bridgehead atoms. The van der Waals surface area contributed by atoms with Gasteiger partial charge < -0.3 is 14.1 Å². The van der Waals surface area contributed by atoms with Crippen molar-refractivity contribution in [3.8, 4) is 0 Å². The number of benzene rings is 2. The summed E-state index contributed by atoms with van der Waals surface area (Å²) in [5.74, 6) is -2.34. The summed E-state index contributed by atoms with van der Waals surface area (Å²) >= 11 is 0. The summed E-state index contributed by atoms with van der Waals surface area (Å²) in [5, 5.41) is 0.0172. The lowest BCUT2D eigenvalue weighted by Gasteiger charge is -2.13. The van der Waals surface area contributed by atoms with Crippen LogP contribution >= 0.6 is 0 Å². The number of ether oxygens (including phenoxy) is 1. The summed E-state index contributed by atoms with van der Waals surface area (Å²) in [6.45, 7) is 0. The van der Waals surface area contributed by atoms with Crippen LogP contribution < -0.4 is 16.3 Å². The van der Waals surface area contributed by atoms with Crippen LogP contribution in [0.15, 0.2) is 56.5 Å². The summed E-state index contributed by atoms with van der Waals surface area (Å²) in [5.41, 5.74) is 0.880. The van der Waals surface area contributed by atoms with Gasteiger partial charge >= 0.3 is 17.4 Å². The summed E-state index contributed by atoms with van der Waals surface area (Å²) in [6.07, 6.45) is -0.0844. The Morgan fingerprint density at radius 1 is 1.07 bits per heavy atom. The first-order chi connectivity index (χ1) is 13.3. The molecule has 8 heteroatoms. The zero-order valence-electron chi connectivity index (χ0n) is 15.6. The molecule has 28 heavy (non-hydrogen) atoms. The van der Waals surface area contributed by atoms with E-state index >= 15 is 0 Å². The van der Waals surface area contributed by atoms with Crippen molar-refractivity contribution in [2.45, 2.75) is 6.42 Å². The first-order valence-corrected chi connectivity index (χ1v) is 8.39. The van der Waals surface area contributed by atoms with Gasteiger partial charge in [-0.1, -0.05) is 12.1 Å². The molecule has 2 aromatic carbocycles. The molecule has 0 spiro atoms. The quantitative estimate of drug-likeness (QED) is 0.633. The van der Waals surface area contributed by atoms with Gasteiger partial charge in [-0.15, -0.1) is 0 Å². The number of fused-ring (bicyclic) bond motifs is 1. The highest BCUT2D eigenvalue weighted by Crippen LogP contribution is 2.15. The van der Waals surface area contributed by atoms with E-state index in [9.17, 15) is 19.2 Å². The van der Waals surface area contributed by atoms with Gasteiger partial charge in [0.2, 0.25) is 5.91 Å². The van der Waals surface area contributed by atoms with E-state index < -0.39 is 23.3 Å². The van der Waals surface area contributed by atoms with Gasteiger partial charge in [0, 0.05) is 19.8 Å². The van der Waals surface area contributed by atoms with E-state index in [4.69, 9.17) is 0 Å². The number of carbonyl (C=O) groups is 2. The molecule has 144 valence electrons. The van der Waals surface area contributed by atoms with Gasteiger partial charge in [0.25, 0.3) is 0 Å². The van der Waals surface area contributed by atoms with Crippen LogP contribution in [0, 0.1) is 0 Å². The van der Waals surface area contributed by atoms with E-state index in [2.05, 4.69) is 9.15 Å². The molecule has 0 saturated carbocycles. The van der Waals surface area contributed by atoms with Gasteiger partial charge in [0.15, 0.2) is 0 Å². The van der Waals surface area contributed by atoms with Crippen molar-refractivity contribution in [3.05, 3.63) is 74.6 Å². The molecule has 1 aromatic heterocycles. The summed E-state index contributed by atoms with van der Waals surface area (Å²) < 4.78 is 10.1. The molecule has 0 atom stereocenters. The van der Waals surface area contributed by atoms with Crippen molar-refractivity contribution in [3.63, 3.8) is 0 Å². The number of rotatable bonds is 4. The second-order valence-electron chi connectivity index (χ2n) is 6.35. The standard InChI is InChI=1S/C20H18N2O6/c1-21(2)14-7-4-12(5-8-14)10-17(23)22-16-11-13(18(24)27-3)6-9-15(16)19(25)28-20(22)26/h4-9,11H,10H2,1-3H3. The second-order valence-corrected chi connectivity index (χ2v) is 6.35. The smallest absolute Gasteiger partial charge is 0.429 e. The van der Waals surface area contributed by atoms with Crippen molar-refractivity contribution in [1.29, 1.82) is 0 Å².